The topological polar surface area (TPSA) is 48.1 Å². The fraction of sp³-hybridized carbons (Fsp3) is 0.0769. The van der Waals surface area contributed by atoms with Crippen LogP contribution in [0.3, 0.4) is 0 Å². The van der Waals surface area contributed by atoms with E-state index in [1.807, 2.05) is 0 Å². The van der Waals surface area contributed by atoms with Gasteiger partial charge in [-0.15, -0.1) is 0 Å². The molecular weight excluding hydrogens is 251 g/mol. The molecule has 0 aliphatic rings. The van der Waals surface area contributed by atoms with Crippen molar-refractivity contribution in [2.24, 2.45) is 5.73 Å². The van der Waals surface area contributed by atoms with Gasteiger partial charge in [0.25, 0.3) is 0 Å². The second-order valence-corrected chi connectivity index (χ2v) is 4.15. The summed E-state index contributed by atoms with van der Waals surface area (Å²) in [7, 11) is 0. The van der Waals surface area contributed by atoms with E-state index in [-0.39, 0.29) is 16.6 Å². The van der Waals surface area contributed by atoms with E-state index in [4.69, 9.17) is 22.7 Å². The highest BCUT2D eigenvalue weighted by molar-refractivity contribution is 7.80. The van der Waals surface area contributed by atoms with Gasteiger partial charge in [0, 0.05) is 6.07 Å². The third-order valence-electron chi connectivity index (χ3n) is 2.35. The van der Waals surface area contributed by atoms with Crippen LogP contribution in [0.5, 0.6) is 11.6 Å². The third kappa shape index (κ3) is 2.62. The van der Waals surface area contributed by atoms with E-state index in [0.717, 1.165) is 0 Å². The van der Waals surface area contributed by atoms with E-state index < -0.39 is 5.82 Å². The van der Waals surface area contributed by atoms with Crippen LogP contribution in [0.4, 0.5) is 4.39 Å². The second-order valence-electron chi connectivity index (χ2n) is 3.71. The lowest BCUT2D eigenvalue weighted by molar-refractivity contribution is 0.425. The molecule has 18 heavy (non-hydrogen) atoms. The van der Waals surface area contributed by atoms with Gasteiger partial charge in [0.05, 0.1) is 0 Å². The van der Waals surface area contributed by atoms with Gasteiger partial charge in [-0.25, -0.2) is 9.37 Å². The molecule has 0 saturated carbocycles. The summed E-state index contributed by atoms with van der Waals surface area (Å²) in [4.78, 5) is 4.25. The number of thiocarbonyl (C=S) groups is 1. The lowest BCUT2D eigenvalue weighted by Crippen LogP contribution is -2.11. The Balaban J connectivity index is 2.31. The number of hydrogen-bond donors (Lipinski definition) is 1. The van der Waals surface area contributed by atoms with Crippen molar-refractivity contribution in [3.05, 3.63) is 53.5 Å². The molecule has 5 heteroatoms. The van der Waals surface area contributed by atoms with E-state index in [2.05, 4.69) is 4.98 Å². The molecule has 92 valence electrons. The zero-order valence-corrected chi connectivity index (χ0v) is 10.5. The van der Waals surface area contributed by atoms with E-state index in [9.17, 15) is 4.39 Å². The maximum atomic E-state index is 13.7. The minimum atomic E-state index is -0.403. The number of rotatable bonds is 3. The summed E-state index contributed by atoms with van der Waals surface area (Å²) in [6.45, 7) is 1.67. The molecule has 0 amide bonds. The fourth-order valence-electron chi connectivity index (χ4n) is 1.42. The van der Waals surface area contributed by atoms with Gasteiger partial charge in [0.15, 0.2) is 11.6 Å². The third-order valence-corrected chi connectivity index (χ3v) is 2.56. The zero-order valence-electron chi connectivity index (χ0n) is 9.68. The molecule has 3 nitrogen and oxygen atoms in total. The first kappa shape index (κ1) is 12.4. The van der Waals surface area contributed by atoms with Gasteiger partial charge in [0.2, 0.25) is 5.88 Å². The Morgan fingerprint density at radius 2 is 2.00 bits per heavy atom. The average molecular weight is 262 g/mol. The number of pyridine rings is 1. The molecule has 2 N–H and O–H groups in total. The number of aryl methyl sites for hydroxylation is 1. The van der Waals surface area contributed by atoms with Crippen molar-refractivity contribution in [2.75, 3.05) is 0 Å². The molecule has 0 unspecified atom stereocenters. The molecular formula is C13H11FN2OS. The van der Waals surface area contributed by atoms with Crippen LogP contribution in [0.2, 0.25) is 0 Å². The second kappa shape index (κ2) is 5.10. The SMILES string of the molecule is Cc1cccc(Oc2cccc(C(N)=S)n2)c1F. The highest BCUT2D eigenvalue weighted by Gasteiger charge is 2.08. The van der Waals surface area contributed by atoms with Crippen molar-refractivity contribution in [1.29, 1.82) is 0 Å². The zero-order chi connectivity index (χ0) is 13.1. The molecule has 1 aromatic heterocycles. The summed E-state index contributed by atoms with van der Waals surface area (Å²) in [5, 5.41) is 0. The van der Waals surface area contributed by atoms with Gasteiger partial charge in [-0.05, 0) is 24.6 Å². The van der Waals surface area contributed by atoms with Crippen LogP contribution in [-0.2, 0) is 0 Å². The number of nitrogens with zero attached hydrogens (tertiary/aromatic N) is 1. The van der Waals surface area contributed by atoms with Gasteiger partial charge < -0.3 is 10.5 Å². The Labute approximate surface area is 109 Å². The average Bonchev–Trinajstić information content (AvgIpc) is 2.35. The van der Waals surface area contributed by atoms with Gasteiger partial charge in [-0.2, -0.15) is 0 Å². The van der Waals surface area contributed by atoms with Crippen LogP contribution >= 0.6 is 12.2 Å². The van der Waals surface area contributed by atoms with Gasteiger partial charge >= 0.3 is 0 Å². The van der Waals surface area contributed by atoms with E-state index >= 15 is 0 Å². The number of benzene rings is 1. The molecule has 0 bridgehead atoms. The van der Waals surface area contributed by atoms with Crippen molar-refractivity contribution in [3.8, 4) is 11.6 Å². The maximum absolute atomic E-state index is 13.7. The molecule has 0 aliphatic carbocycles. The highest BCUT2D eigenvalue weighted by atomic mass is 32.1. The normalized spacial score (nSPS) is 10.1. The Bertz CT molecular complexity index is 601. The lowest BCUT2D eigenvalue weighted by atomic mass is 10.2. The maximum Gasteiger partial charge on any atom is 0.220 e. The Morgan fingerprint density at radius 1 is 1.28 bits per heavy atom. The van der Waals surface area contributed by atoms with E-state index in [0.29, 0.717) is 11.3 Å². The van der Waals surface area contributed by atoms with Crippen LogP contribution in [0.1, 0.15) is 11.3 Å². The predicted molar refractivity (Wildman–Crippen MR) is 71.3 cm³/mol. The molecule has 1 aromatic carbocycles. The van der Waals surface area contributed by atoms with Crippen LogP contribution in [-0.4, -0.2) is 9.97 Å². The Hall–Kier alpha value is -2.01. The first-order valence-electron chi connectivity index (χ1n) is 5.28. The molecule has 1 heterocycles. The van der Waals surface area contributed by atoms with Crippen molar-refractivity contribution in [2.45, 2.75) is 6.92 Å². The first-order valence-corrected chi connectivity index (χ1v) is 5.68. The molecule has 0 atom stereocenters. The highest BCUT2D eigenvalue weighted by Crippen LogP contribution is 2.24. The fourth-order valence-corrected chi connectivity index (χ4v) is 1.53. The molecule has 2 aromatic rings. The van der Waals surface area contributed by atoms with Gasteiger partial charge in [-0.1, -0.05) is 30.4 Å². The molecule has 0 saturated heterocycles. The summed E-state index contributed by atoms with van der Waals surface area (Å²) in [6, 6.07) is 9.90. The lowest BCUT2D eigenvalue weighted by Gasteiger charge is -2.08. The van der Waals surface area contributed by atoms with Crippen LogP contribution < -0.4 is 10.5 Å². The summed E-state index contributed by atoms with van der Waals surface area (Å²) < 4.78 is 19.1. The molecule has 0 fully saturated rings. The summed E-state index contributed by atoms with van der Waals surface area (Å²) in [5.41, 5.74) is 6.42. The molecule has 0 aliphatic heterocycles. The minimum absolute atomic E-state index is 0.127. The van der Waals surface area contributed by atoms with Crippen molar-refractivity contribution < 1.29 is 9.13 Å². The standard InChI is InChI=1S/C13H11FN2OS/c1-8-4-2-6-10(12(8)14)17-11-7-3-5-9(16-11)13(15)18/h2-7H,1H3,(H2,15,18). The quantitative estimate of drug-likeness (QED) is 0.864. The number of nitrogens with two attached hydrogens (primary N) is 1. The van der Waals surface area contributed by atoms with Crippen molar-refractivity contribution in [3.63, 3.8) is 0 Å². The largest absolute Gasteiger partial charge is 0.436 e. The van der Waals surface area contributed by atoms with Gasteiger partial charge in [0.1, 0.15) is 10.7 Å². The molecule has 2 rings (SSSR count). The Morgan fingerprint density at radius 3 is 2.72 bits per heavy atom. The van der Waals surface area contributed by atoms with Crippen LogP contribution in [0.15, 0.2) is 36.4 Å². The number of halogens is 1. The molecule has 0 spiro atoms. The number of ether oxygens (including phenoxy) is 1. The molecule has 0 radical (unpaired) electrons. The monoisotopic (exact) mass is 262 g/mol. The number of hydrogen-bond acceptors (Lipinski definition) is 3. The van der Waals surface area contributed by atoms with Gasteiger partial charge in [-0.3, -0.25) is 0 Å². The Kier molecular flexibility index (Phi) is 3.53. The van der Waals surface area contributed by atoms with Crippen LogP contribution in [0, 0.1) is 12.7 Å². The first-order chi connectivity index (χ1) is 8.58. The van der Waals surface area contributed by atoms with E-state index in [1.165, 1.54) is 6.07 Å². The summed E-state index contributed by atoms with van der Waals surface area (Å²) >= 11 is 4.82. The van der Waals surface area contributed by atoms with Crippen molar-refractivity contribution >= 4 is 17.2 Å². The number of aromatic nitrogens is 1. The predicted octanol–water partition coefficient (Wildman–Crippen LogP) is 2.96. The smallest absolute Gasteiger partial charge is 0.220 e. The minimum Gasteiger partial charge on any atom is -0.436 e. The summed E-state index contributed by atoms with van der Waals surface area (Å²) in [5.74, 6) is -0.0209. The van der Waals surface area contributed by atoms with Crippen molar-refractivity contribution in [1.82, 2.24) is 4.98 Å². The summed E-state index contributed by atoms with van der Waals surface area (Å²) in [6.07, 6.45) is 0. The van der Waals surface area contributed by atoms with Crippen LogP contribution in [0.25, 0.3) is 0 Å². The van der Waals surface area contributed by atoms with E-state index in [1.54, 1.807) is 37.3 Å².